The maximum Gasteiger partial charge on any atom is 0.137 e. The first kappa shape index (κ1) is 12.3. The van der Waals surface area contributed by atoms with E-state index in [-0.39, 0.29) is 0 Å². The van der Waals surface area contributed by atoms with Gasteiger partial charge in [0.2, 0.25) is 0 Å². The number of H-pyrrole nitrogens is 1. The van der Waals surface area contributed by atoms with E-state index in [1.807, 2.05) is 49.7 Å². The Bertz CT molecular complexity index is 785. The van der Waals surface area contributed by atoms with Crippen LogP contribution in [-0.4, -0.2) is 21.7 Å². The maximum atomic E-state index is 4.47. The summed E-state index contributed by atoms with van der Waals surface area (Å²) in [6.07, 6.45) is 9.39. The highest BCUT2D eigenvalue weighted by molar-refractivity contribution is 5.95. The van der Waals surface area contributed by atoms with E-state index in [2.05, 4.69) is 26.7 Å². The van der Waals surface area contributed by atoms with Crippen LogP contribution in [0.15, 0.2) is 47.9 Å². The molecule has 20 heavy (non-hydrogen) atoms. The molecule has 0 aliphatic carbocycles. The molecule has 0 spiro atoms. The van der Waals surface area contributed by atoms with E-state index < -0.39 is 0 Å². The van der Waals surface area contributed by atoms with Crippen molar-refractivity contribution in [2.75, 3.05) is 0 Å². The summed E-state index contributed by atoms with van der Waals surface area (Å²) in [5.74, 6) is 0.767. The molecule has 0 aromatic carbocycles. The molecule has 0 radical (unpaired) electrons. The summed E-state index contributed by atoms with van der Waals surface area (Å²) in [4.78, 5) is 15.9. The van der Waals surface area contributed by atoms with Gasteiger partial charge in [-0.25, -0.2) is 4.99 Å². The molecule has 3 aromatic rings. The van der Waals surface area contributed by atoms with Gasteiger partial charge in [-0.3, -0.25) is 9.97 Å². The lowest BCUT2D eigenvalue weighted by Gasteiger charge is -2.00. The van der Waals surface area contributed by atoms with Crippen molar-refractivity contribution in [2.24, 2.45) is 4.99 Å². The quantitative estimate of drug-likeness (QED) is 0.725. The number of hydrogen-bond acceptors (Lipinski definition) is 3. The third-order valence-corrected chi connectivity index (χ3v) is 3.15. The molecule has 0 bridgehead atoms. The van der Waals surface area contributed by atoms with E-state index in [9.17, 15) is 0 Å². The number of pyridine rings is 2. The molecule has 3 rings (SSSR count). The van der Waals surface area contributed by atoms with Crippen molar-refractivity contribution in [2.45, 2.75) is 6.92 Å². The van der Waals surface area contributed by atoms with Gasteiger partial charge in [-0.1, -0.05) is 12.2 Å². The minimum absolute atomic E-state index is 0.767. The first-order valence-electron chi connectivity index (χ1n) is 6.35. The summed E-state index contributed by atoms with van der Waals surface area (Å²) in [6.45, 7) is 5.59. The highest BCUT2D eigenvalue weighted by Crippen LogP contribution is 2.31. The van der Waals surface area contributed by atoms with Crippen molar-refractivity contribution in [1.29, 1.82) is 0 Å². The van der Waals surface area contributed by atoms with Gasteiger partial charge in [0.05, 0.1) is 17.4 Å². The zero-order valence-electron chi connectivity index (χ0n) is 11.2. The van der Waals surface area contributed by atoms with Crippen LogP contribution in [0, 0.1) is 0 Å². The van der Waals surface area contributed by atoms with Crippen LogP contribution in [0.3, 0.4) is 0 Å². The Morgan fingerprint density at radius 3 is 2.95 bits per heavy atom. The summed E-state index contributed by atoms with van der Waals surface area (Å²) >= 11 is 0. The molecule has 0 saturated carbocycles. The van der Waals surface area contributed by atoms with Crippen molar-refractivity contribution in [1.82, 2.24) is 15.0 Å². The second kappa shape index (κ2) is 5.09. The van der Waals surface area contributed by atoms with Gasteiger partial charge in [0.1, 0.15) is 5.82 Å². The zero-order valence-corrected chi connectivity index (χ0v) is 11.2. The number of aromatic amines is 1. The fourth-order valence-corrected chi connectivity index (χ4v) is 2.23. The van der Waals surface area contributed by atoms with Gasteiger partial charge in [-0.15, -0.1) is 0 Å². The summed E-state index contributed by atoms with van der Waals surface area (Å²) in [5, 5.41) is 1.08. The summed E-state index contributed by atoms with van der Waals surface area (Å²) in [7, 11) is 0. The Labute approximate surface area is 116 Å². The third-order valence-electron chi connectivity index (χ3n) is 3.15. The third kappa shape index (κ3) is 2.01. The van der Waals surface area contributed by atoms with Crippen LogP contribution < -0.4 is 0 Å². The van der Waals surface area contributed by atoms with Gasteiger partial charge in [-0.2, -0.15) is 0 Å². The number of fused-ring (bicyclic) bond motifs is 1. The smallest absolute Gasteiger partial charge is 0.137 e. The largest absolute Gasteiger partial charge is 0.338 e. The molecule has 3 heterocycles. The molecule has 0 aliphatic heterocycles. The molecule has 0 fully saturated rings. The van der Waals surface area contributed by atoms with Crippen LogP contribution in [-0.2, 0) is 0 Å². The second-order valence-electron chi connectivity index (χ2n) is 4.40. The molecule has 1 N–H and O–H groups in total. The predicted octanol–water partition coefficient (Wildman–Crippen LogP) is 3.99. The van der Waals surface area contributed by atoms with Crippen molar-refractivity contribution in [3.63, 3.8) is 0 Å². The topological polar surface area (TPSA) is 53.9 Å². The Balaban J connectivity index is 2.24. The fraction of sp³-hybridized carbons (Fsp3) is 0.0625. The van der Waals surface area contributed by atoms with E-state index in [0.29, 0.717) is 0 Å². The first-order valence-corrected chi connectivity index (χ1v) is 6.35. The van der Waals surface area contributed by atoms with E-state index in [1.165, 1.54) is 0 Å². The Morgan fingerprint density at radius 1 is 1.35 bits per heavy atom. The van der Waals surface area contributed by atoms with Gasteiger partial charge in [-0.05, 0) is 31.8 Å². The lowest BCUT2D eigenvalue weighted by atomic mass is 10.1. The summed E-state index contributed by atoms with van der Waals surface area (Å²) < 4.78 is 0. The van der Waals surface area contributed by atoms with Crippen LogP contribution in [0.5, 0.6) is 0 Å². The fourth-order valence-electron chi connectivity index (χ4n) is 2.23. The summed E-state index contributed by atoms with van der Waals surface area (Å²) in [6, 6.07) is 5.95. The van der Waals surface area contributed by atoms with Gasteiger partial charge < -0.3 is 4.98 Å². The van der Waals surface area contributed by atoms with Crippen LogP contribution in [0.25, 0.3) is 28.2 Å². The highest BCUT2D eigenvalue weighted by atomic mass is 14.9. The molecule has 3 aromatic heterocycles. The van der Waals surface area contributed by atoms with Gasteiger partial charge in [0, 0.05) is 28.9 Å². The average Bonchev–Trinajstić information content (AvgIpc) is 2.86. The molecule has 0 amide bonds. The minimum atomic E-state index is 0.767. The lowest BCUT2D eigenvalue weighted by Crippen LogP contribution is -1.84. The second-order valence-corrected chi connectivity index (χ2v) is 4.40. The highest BCUT2D eigenvalue weighted by Gasteiger charge is 2.10. The van der Waals surface area contributed by atoms with Gasteiger partial charge >= 0.3 is 0 Å². The number of rotatable bonds is 3. The average molecular weight is 262 g/mol. The van der Waals surface area contributed by atoms with E-state index >= 15 is 0 Å². The molecular formula is C16H14N4. The Morgan fingerprint density at radius 2 is 2.25 bits per heavy atom. The number of hydrogen-bond donors (Lipinski definition) is 1. The predicted molar refractivity (Wildman–Crippen MR) is 83.2 cm³/mol. The normalized spacial score (nSPS) is 11.2. The number of nitrogens with zero attached hydrogens (tertiary/aromatic N) is 3. The molecule has 0 saturated heterocycles. The van der Waals surface area contributed by atoms with Crippen molar-refractivity contribution < 1.29 is 0 Å². The van der Waals surface area contributed by atoms with Crippen molar-refractivity contribution >= 4 is 29.5 Å². The Kier molecular flexibility index (Phi) is 3.13. The lowest BCUT2D eigenvalue weighted by molar-refractivity contribution is 1.28. The molecule has 98 valence electrons. The number of aromatic nitrogens is 3. The van der Waals surface area contributed by atoms with Crippen LogP contribution in [0.1, 0.15) is 12.5 Å². The monoisotopic (exact) mass is 262 g/mol. The molecule has 0 aliphatic rings. The maximum absolute atomic E-state index is 4.47. The zero-order chi connectivity index (χ0) is 13.9. The van der Waals surface area contributed by atoms with Crippen molar-refractivity contribution in [3.05, 3.63) is 48.4 Å². The number of nitrogens with one attached hydrogen (secondary N) is 1. The molecule has 0 atom stereocenters. The number of aliphatic imine (C=N–C) groups is 1. The Hall–Kier alpha value is -2.75. The van der Waals surface area contributed by atoms with Gasteiger partial charge in [0.25, 0.3) is 0 Å². The molecule has 4 heteroatoms. The minimum Gasteiger partial charge on any atom is -0.338 e. The van der Waals surface area contributed by atoms with E-state index in [4.69, 9.17) is 0 Å². The SMILES string of the molecule is C=Nc1[nH]c2cnc(-c3cccnc3)cc2c1/C=C\C. The van der Waals surface area contributed by atoms with Crippen LogP contribution in [0.4, 0.5) is 5.82 Å². The van der Waals surface area contributed by atoms with E-state index in [0.717, 1.165) is 33.5 Å². The van der Waals surface area contributed by atoms with Crippen molar-refractivity contribution in [3.8, 4) is 11.3 Å². The molecule has 0 unspecified atom stereocenters. The van der Waals surface area contributed by atoms with Gasteiger partial charge in [0.15, 0.2) is 0 Å². The van der Waals surface area contributed by atoms with Crippen LogP contribution >= 0.6 is 0 Å². The number of allylic oxidation sites excluding steroid dienone is 1. The first-order chi connectivity index (χ1) is 9.83. The standard InChI is InChI=1S/C16H14N4/c1-3-5-12-13-8-14(11-6-4-7-18-9-11)19-10-15(13)20-16(12)17-2/h3-10,20H,2H2,1H3/b5-3-. The van der Waals surface area contributed by atoms with Crippen LogP contribution in [0.2, 0.25) is 0 Å². The molecule has 4 nitrogen and oxygen atoms in total. The van der Waals surface area contributed by atoms with E-state index in [1.54, 1.807) is 6.20 Å². The summed E-state index contributed by atoms with van der Waals surface area (Å²) in [5.41, 5.74) is 3.87. The molecular weight excluding hydrogens is 248 g/mol.